The summed E-state index contributed by atoms with van der Waals surface area (Å²) in [4.78, 5) is 3.52. The molecule has 0 aliphatic carbocycles. The van der Waals surface area contributed by atoms with Crippen LogP contribution < -0.4 is 4.74 Å². The zero-order valence-electron chi connectivity index (χ0n) is 5.90. The Kier molecular flexibility index (Phi) is 3.02. The summed E-state index contributed by atoms with van der Waals surface area (Å²) >= 11 is 8.42. The van der Waals surface area contributed by atoms with Crippen molar-refractivity contribution in [1.29, 1.82) is 0 Å². The SMILES string of the molecule is FC(F)(F)Oc1cnc(Br)c(Cl)c1. The molecular formula is C6H2BrClF3NO. The predicted molar refractivity (Wildman–Crippen MR) is 43.6 cm³/mol. The summed E-state index contributed by atoms with van der Waals surface area (Å²) in [7, 11) is 0. The maximum Gasteiger partial charge on any atom is 0.573 e. The topological polar surface area (TPSA) is 22.1 Å². The third kappa shape index (κ3) is 3.40. The van der Waals surface area contributed by atoms with Gasteiger partial charge < -0.3 is 4.74 Å². The van der Waals surface area contributed by atoms with E-state index in [0.717, 1.165) is 12.3 Å². The lowest BCUT2D eigenvalue weighted by molar-refractivity contribution is -0.274. The molecule has 7 heteroatoms. The van der Waals surface area contributed by atoms with Crippen molar-refractivity contribution >= 4 is 27.5 Å². The lowest BCUT2D eigenvalue weighted by Crippen LogP contribution is -2.17. The highest BCUT2D eigenvalue weighted by molar-refractivity contribution is 9.10. The highest BCUT2D eigenvalue weighted by atomic mass is 79.9. The number of hydrogen-bond donors (Lipinski definition) is 0. The van der Waals surface area contributed by atoms with E-state index in [1.807, 2.05) is 0 Å². The number of ether oxygens (including phenoxy) is 1. The zero-order chi connectivity index (χ0) is 10.1. The minimum atomic E-state index is -4.72. The maximum atomic E-state index is 11.7. The lowest BCUT2D eigenvalue weighted by atomic mass is 10.5. The third-order valence-corrected chi connectivity index (χ3v) is 2.15. The van der Waals surface area contributed by atoms with Crippen LogP contribution in [0.2, 0.25) is 5.02 Å². The van der Waals surface area contributed by atoms with Crippen LogP contribution in [0.1, 0.15) is 0 Å². The number of halogens is 5. The predicted octanol–water partition coefficient (Wildman–Crippen LogP) is 3.40. The van der Waals surface area contributed by atoms with Gasteiger partial charge in [0.05, 0.1) is 11.2 Å². The Bertz CT molecular complexity index is 317. The average molecular weight is 276 g/mol. The van der Waals surface area contributed by atoms with Crippen molar-refractivity contribution < 1.29 is 17.9 Å². The van der Waals surface area contributed by atoms with E-state index in [9.17, 15) is 13.2 Å². The molecule has 0 unspecified atom stereocenters. The molecule has 1 rings (SSSR count). The molecule has 0 radical (unpaired) electrons. The van der Waals surface area contributed by atoms with Gasteiger partial charge in [-0.25, -0.2) is 4.98 Å². The van der Waals surface area contributed by atoms with Gasteiger partial charge in [0.2, 0.25) is 0 Å². The minimum absolute atomic E-state index is 0.0572. The van der Waals surface area contributed by atoms with Crippen molar-refractivity contribution in [3.63, 3.8) is 0 Å². The summed E-state index contributed by atoms with van der Waals surface area (Å²) in [5.41, 5.74) is 0. The quantitative estimate of drug-likeness (QED) is 0.734. The Hall–Kier alpha value is -0.490. The van der Waals surface area contributed by atoms with E-state index < -0.39 is 12.1 Å². The number of rotatable bonds is 1. The first kappa shape index (κ1) is 10.6. The number of hydrogen-bond acceptors (Lipinski definition) is 2. The number of nitrogens with zero attached hydrogens (tertiary/aromatic N) is 1. The van der Waals surface area contributed by atoms with E-state index in [1.165, 1.54) is 0 Å². The molecule has 0 aliphatic heterocycles. The van der Waals surface area contributed by atoms with Crippen LogP contribution in [0.25, 0.3) is 0 Å². The lowest BCUT2D eigenvalue weighted by Gasteiger charge is -2.08. The molecule has 0 bridgehead atoms. The van der Waals surface area contributed by atoms with E-state index in [1.54, 1.807) is 0 Å². The molecule has 1 aromatic rings. The molecule has 0 amide bonds. The second-order valence-corrected chi connectivity index (χ2v) is 3.15. The Labute approximate surface area is 84.8 Å². The second kappa shape index (κ2) is 3.71. The highest BCUT2D eigenvalue weighted by Crippen LogP contribution is 2.27. The van der Waals surface area contributed by atoms with Gasteiger partial charge in [0, 0.05) is 6.07 Å². The normalized spacial score (nSPS) is 11.5. The molecule has 0 N–H and O–H groups in total. The first-order valence-electron chi connectivity index (χ1n) is 2.95. The summed E-state index contributed by atoms with van der Waals surface area (Å²) in [5.74, 6) is -0.444. The molecule has 0 aromatic carbocycles. The van der Waals surface area contributed by atoms with Crippen molar-refractivity contribution in [1.82, 2.24) is 4.98 Å². The summed E-state index contributed by atoms with van der Waals surface area (Å²) in [6.07, 6.45) is -3.80. The molecule has 72 valence electrons. The standard InChI is InChI=1S/C6H2BrClF3NO/c7-5-4(8)1-3(2-12-5)13-6(9,10)11/h1-2H. The van der Waals surface area contributed by atoms with E-state index in [-0.39, 0.29) is 9.63 Å². The van der Waals surface area contributed by atoms with E-state index >= 15 is 0 Å². The van der Waals surface area contributed by atoms with Crippen LogP contribution in [0.4, 0.5) is 13.2 Å². The summed E-state index contributed by atoms with van der Waals surface area (Å²) in [6, 6.07) is 1.02. The van der Waals surface area contributed by atoms with Crippen molar-refractivity contribution in [3.8, 4) is 5.75 Å². The summed E-state index contributed by atoms with van der Waals surface area (Å²) in [5, 5.41) is 0.0572. The second-order valence-electron chi connectivity index (χ2n) is 1.99. The molecule has 0 saturated heterocycles. The zero-order valence-corrected chi connectivity index (χ0v) is 8.24. The highest BCUT2D eigenvalue weighted by Gasteiger charge is 2.31. The fourth-order valence-corrected chi connectivity index (χ4v) is 0.966. The number of pyridine rings is 1. The van der Waals surface area contributed by atoms with Crippen LogP contribution in [0, 0.1) is 0 Å². The van der Waals surface area contributed by atoms with Crippen molar-refractivity contribution in [2.75, 3.05) is 0 Å². The summed E-state index contributed by atoms with van der Waals surface area (Å²) in [6.45, 7) is 0. The molecule has 0 atom stereocenters. The molecule has 2 nitrogen and oxygen atoms in total. The fraction of sp³-hybridized carbons (Fsp3) is 0.167. The third-order valence-electron chi connectivity index (χ3n) is 1.00. The van der Waals surface area contributed by atoms with Gasteiger partial charge in [-0.1, -0.05) is 11.6 Å². The van der Waals surface area contributed by atoms with E-state index in [0.29, 0.717) is 0 Å². The van der Waals surface area contributed by atoms with Crippen LogP contribution in [0.15, 0.2) is 16.9 Å². The number of alkyl halides is 3. The Morgan fingerprint density at radius 3 is 2.54 bits per heavy atom. The van der Waals surface area contributed by atoms with Crippen LogP contribution >= 0.6 is 27.5 Å². The largest absolute Gasteiger partial charge is 0.573 e. The molecule has 0 fully saturated rings. The van der Waals surface area contributed by atoms with E-state index in [2.05, 4.69) is 25.7 Å². The average Bonchev–Trinajstić information content (AvgIpc) is 1.94. The molecular weight excluding hydrogens is 274 g/mol. The monoisotopic (exact) mass is 275 g/mol. The Morgan fingerprint density at radius 2 is 2.08 bits per heavy atom. The number of aromatic nitrogens is 1. The van der Waals surface area contributed by atoms with Gasteiger partial charge >= 0.3 is 6.36 Å². The van der Waals surface area contributed by atoms with Crippen molar-refractivity contribution in [2.24, 2.45) is 0 Å². The Balaban J connectivity index is 2.86. The van der Waals surface area contributed by atoms with Crippen LogP contribution in [-0.4, -0.2) is 11.3 Å². The van der Waals surface area contributed by atoms with Gasteiger partial charge in [0.1, 0.15) is 10.4 Å². The van der Waals surface area contributed by atoms with E-state index in [4.69, 9.17) is 11.6 Å². The van der Waals surface area contributed by atoms with Gasteiger partial charge in [-0.15, -0.1) is 13.2 Å². The minimum Gasteiger partial charge on any atom is -0.404 e. The van der Waals surface area contributed by atoms with Crippen molar-refractivity contribution in [3.05, 3.63) is 21.9 Å². The van der Waals surface area contributed by atoms with Gasteiger partial charge in [-0.05, 0) is 15.9 Å². The molecule has 0 spiro atoms. The smallest absolute Gasteiger partial charge is 0.404 e. The van der Waals surface area contributed by atoms with Gasteiger partial charge in [-0.2, -0.15) is 0 Å². The molecule has 1 heterocycles. The van der Waals surface area contributed by atoms with Crippen LogP contribution in [0.3, 0.4) is 0 Å². The molecule has 0 saturated carbocycles. The first-order chi connectivity index (χ1) is 5.88. The van der Waals surface area contributed by atoms with Crippen LogP contribution in [0.5, 0.6) is 5.75 Å². The molecule has 13 heavy (non-hydrogen) atoms. The summed E-state index contributed by atoms with van der Waals surface area (Å²) < 4.78 is 38.8. The first-order valence-corrected chi connectivity index (χ1v) is 4.12. The fourth-order valence-electron chi connectivity index (χ4n) is 0.593. The van der Waals surface area contributed by atoms with Gasteiger partial charge in [0.15, 0.2) is 0 Å². The maximum absolute atomic E-state index is 11.7. The molecule has 0 aliphatic rings. The molecule has 1 aromatic heterocycles. The van der Waals surface area contributed by atoms with Gasteiger partial charge in [-0.3, -0.25) is 0 Å². The Morgan fingerprint density at radius 1 is 1.46 bits per heavy atom. The van der Waals surface area contributed by atoms with Crippen LogP contribution in [-0.2, 0) is 0 Å². The van der Waals surface area contributed by atoms with Gasteiger partial charge in [0.25, 0.3) is 0 Å². The van der Waals surface area contributed by atoms with Crippen molar-refractivity contribution in [2.45, 2.75) is 6.36 Å².